The molecule has 0 aliphatic carbocycles. The molecule has 2 aromatic heterocycles. The van der Waals surface area contributed by atoms with Crippen molar-refractivity contribution in [1.82, 2.24) is 25.3 Å². The van der Waals surface area contributed by atoms with E-state index in [1.54, 1.807) is 0 Å². The average Bonchev–Trinajstić information content (AvgIpc) is 3.14. The number of rotatable bonds is 6. The number of anilines is 1. The molecular formula is C16H26N6OS. The average molecular weight is 350 g/mol. The smallest absolute Gasteiger partial charge is 0.243 e. The van der Waals surface area contributed by atoms with E-state index in [-0.39, 0.29) is 17.4 Å². The molecule has 1 atom stereocenters. The van der Waals surface area contributed by atoms with Gasteiger partial charge in [-0.05, 0) is 26.5 Å². The van der Waals surface area contributed by atoms with Gasteiger partial charge in [-0.2, -0.15) is 5.10 Å². The van der Waals surface area contributed by atoms with Gasteiger partial charge in [0.05, 0.1) is 11.7 Å². The molecule has 0 bridgehead atoms. The Balaban J connectivity index is 1.94. The van der Waals surface area contributed by atoms with Gasteiger partial charge in [0.2, 0.25) is 11.0 Å². The van der Waals surface area contributed by atoms with Gasteiger partial charge in [-0.25, -0.2) is 0 Å². The van der Waals surface area contributed by atoms with Gasteiger partial charge >= 0.3 is 0 Å². The van der Waals surface area contributed by atoms with Crippen molar-refractivity contribution in [3.63, 3.8) is 0 Å². The van der Waals surface area contributed by atoms with E-state index in [0.29, 0.717) is 11.7 Å². The molecule has 0 spiro atoms. The first-order valence-corrected chi connectivity index (χ1v) is 8.90. The molecule has 1 amide bonds. The third-order valence-electron chi connectivity index (χ3n) is 3.86. The Kier molecular flexibility index (Phi) is 5.71. The molecule has 24 heavy (non-hydrogen) atoms. The van der Waals surface area contributed by atoms with Crippen molar-refractivity contribution >= 4 is 22.4 Å². The minimum absolute atomic E-state index is 0.00510. The molecule has 1 unspecified atom stereocenters. The summed E-state index contributed by atoms with van der Waals surface area (Å²) >= 11 is 1.41. The number of aromatic nitrogens is 4. The number of hydrogen-bond acceptors (Lipinski definition) is 6. The largest absolute Gasteiger partial charge is 0.299 e. The van der Waals surface area contributed by atoms with E-state index in [0.717, 1.165) is 22.8 Å². The van der Waals surface area contributed by atoms with Crippen molar-refractivity contribution in [3.8, 4) is 0 Å². The third kappa shape index (κ3) is 4.61. The number of carbonyl (C=O) groups excluding carboxylic acids is 1. The topological polar surface area (TPSA) is 86.8 Å². The first-order chi connectivity index (χ1) is 11.2. The normalized spacial score (nSPS) is 13.3. The van der Waals surface area contributed by atoms with E-state index >= 15 is 0 Å². The van der Waals surface area contributed by atoms with Gasteiger partial charge in [0.1, 0.15) is 5.01 Å². The molecule has 2 aromatic rings. The molecule has 0 saturated heterocycles. The van der Waals surface area contributed by atoms with E-state index in [4.69, 9.17) is 0 Å². The number of likely N-dealkylation sites (N-methyl/N-ethyl adjacent to an activating group) is 1. The number of hydrogen-bond donors (Lipinski definition) is 2. The molecule has 0 aliphatic rings. The van der Waals surface area contributed by atoms with Crippen molar-refractivity contribution in [1.29, 1.82) is 0 Å². The van der Waals surface area contributed by atoms with Crippen molar-refractivity contribution in [3.05, 3.63) is 22.5 Å². The summed E-state index contributed by atoms with van der Waals surface area (Å²) < 4.78 is 0. The van der Waals surface area contributed by atoms with Gasteiger partial charge in [0.25, 0.3) is 0 Å². The van der Waals surface area contributed by atoms with Crippen molar-refractivity contribution < 1.29 is 4.79 Å². The third-order valence-corrected chi connectivity index (χ3v) is 4.84. The van der Waals surface area contributed by atoms with Crippen LogP contribution in [-0.4, -0.2) is 44.3 Å². The zero-order valence-electron chi connectivity index (χ0n) is 15.2. The molecule has 2 rings (SSSR count). The number of aromatic amines is 1. The highest BCUT2D eigenvalue weighted by Crippen LogP contribution is 2.21. The highest BCUT2D eigenvalue weighted by atomic mass is 32.1. The van der Waals surface area contributed by atoms with Crippen molar-refractivity contribution in [2.45, 2.75) is 59.0 Å². The molecular weight excluding hydrogens is 324 g/mol. The fourth-order valence-corrected chi connectivity index (χ4v) is 2.77. The Morgan fingerprint density at radius 1 is 1.42 bits per heavy atom. The maximum atomic E-state index is 12.4. The maximum absolute atomic E-state index is 12.4. The maximum Gasteiger partial charge on any atom is 0.243 e. The summed E-state index contributed by atoms with van der Waals surface area (Å²) in [6.45, 7) is 10.9. The van der Waals surface area contributed by atoms with Crippen LogP contribution in [0.3, 0.4) is 0 Å². The minimum atomic E-state index is -0.291. The van der Waals surface area contributed by atoms with Crippen LogP contribution in [0.2, 0.25) is 0 Å². The quantitative estimate of drug-likeness (QED) is 0.836. The van der Waals surface area contributed by atoms with Gasteiger partial charge in [-0.3, -0.25) is 20.1 Å². The van der Waals surface area contributed by atoms with Crippen LogP contribution in [-0.2, 0) is 23.2 Å². The highest BCUT2D eigenvalue weighted by molar-refractivity contribution is 7.15. The van der Waals surface area contributed by atoms with Crippen LogP contribution in [0, 0.1) is 0 Å². The van der Waals surface area contributed by atoms with E-state index in [1.165, 1.54) is 11.3 Å². The second-order valence-corrected chi connectivity index (χ2v) is 8.03. The molecule has 0 saturated carbocycles. The van der Waals surface area contributed by atoms with E-state index in [2.05, 4.69) is 52.5 Å². The van der Waals surface area contributed by atoms with Gasteiger partial charge in [-0.1, -0.05) is 39.0 Å². The van der Waals surface area contributed by atoms with E-state index in [1.807, 2.05) is 25.8 Å². The Morgan fingerprint density at radius 2 is 2.12 bits per heavy atom. The minimum Gasteiger partial charge on any atom is -0.299 e. The Labute approximate surface area is 146 Å². The standard InChI is InChI=1S/C16H26N6OS/c1-7-13-20-21-15(24-13)17-14(23)10(2)22(6)9-11-8-12(19-18-11)16(3,4)5/h8,10H,7,9H2,1-6H3,(H,18,19)(H,17,21,23). The fourth-order valence-electron chi connectivity index (χ4n) is 2.09. The Bertz CT molecular complexity index is 687. The SMILES string of the molecule is CCc1nnc(NC(=O)C(C)N(C)Cc2cc(C(C)(C)C)n[nH]2)s1. The number of nitrogens with one attached hydrogen (secondary N) is 2. The van der Waals surface area contributed by atoms with Crippen LogP contribution < -0.4 is 5.32 Å². The van der Waals surface area contributed by atoms with Crippen LogP contribution >= 0.6 is 11.3 Å². The Hall–Kier alpha value is -1.80. The number of nitrogens with zero attached hydrogens (tertiary/aromatic N) is 4. The van der Waals surface area contributed by atoms with Gasteiger partial charge in [0, 0.05) is 17.7 Å². The van der Waals surface area contributed by atoms with Crippen LogP contribution in [0.4, 0.5) is 5.13 Å². The summed E-state index contributed by atoms with van der Waals surface area (Å²) in [5, 5.41) is 19.7. The molecule has 8 heteroatoms. The van der Waals surface area contributed by atoms with Crippen LogP contribution in [0.15, 0.2) is 6.07 Å². The Morgan fingerprint density at radius 3 is 2.67 bits per heavy atom. The molecule has 2 heterocycles. The van der Waals surface area contributed by atoms with E-state index in [9.17, 15) is 4.79 Å². The number of aryl methyl sites for hydroxylation is 1. The molecule has 0 aromatic carbocycles. The van der Waals surface area contributed by atoms with Gasteiger partial charge in [0.15, 0.2) is 0 Å². The highest BCUT2D eigenvalue weighted by Gasteiger charge is 2.22. The second kappa shape index (κ2) is 7.40. The number of carbonyl (C=O) groups is 1. The summed E-state index contributed by atoms with van der Waals surface area (Å²) in [6, 6.07) is 1.76. The summed E-state index contributed by atoms with van der Waals surface area (Å²) in [4.78, 5) is 14.3. The summed E-state index contributed by atoms with van der Waals surface area (Å²) in [5.41, 5.74) is 2.01. The lowest BCUT2D eigenvalue weighted by Gasteiger charge is -2.22. The summed E-state index contributed by atoms with van der Waals surface area (Å²) in [7, 11) is 1.92. The van der Waals surface area contributed by atoms with Crippen LogP contribution in [0.5, 0.6) is 0 Å². The molecule has 0 radical (unpaired) electrons. The molecule has 2 N–H and O–H groups in total. The summed E-state index contributed by atoms with van der Waals surface area (Å²) in [6.07, 6.45) is 0.818. The van der Waals surface area contributed by atoms with Crippen LogP contribution in [0.25, 0.3) is 0 Å². The van der Waals surface area contributed by atoms with Crippen molar-refractivity contribution in [2.75, 3.05) is 12.4 Å². The first-order valence-electron chi connectivity index (χ1n) is 8.09. The van der Waals surface area contributed by atoms with Gasteiger partial charge in [-0.15, -0.1) is 10.2 Å². The predicted molar refractivity (Wildman–Crippen MR) is 96.1 cm³/mol. The molecule has 0 aliphatic heterocycles. The molecule has 7 nitrogen and oxygen atoms in total. The fraction of sp³-hybridized carbons (Fsp3) is 0.625. The predicted octanol–water partition coefficient (Wildman–Crippen LogP) is 2.58. The zero-order valence-corrected chi connectivity index (χ0v) is 16.0. The first kappa shape index (κ1) is 18.5. The zero-order chi connectivity index (χ0) is 17.9. The molecule has 0 fully saturated rings. The molecule has 132 valence electrons. The lowest BCUT2D eigenvalue weighted by Crippen LogP contribution is -2.39. The van der Waals surface area contributed by atoms with Crippen molar-refractivity contribution in [2.24, 2.45) is 0 Å². The second-order valence-electron chi connectivity index (χ2n) is 6.96. The number of H-pyrrole nitrogens is 1. The monoisotopic (exact) mass is 350 g/mol. The van der Waals surface area contributed by atoms with E-state index < -0.39 is 0 Å². The lowest BCUT2D eigenvalue weighted by atomic mass is 9.92. The lowest BCUT2D eigenvalue weighted by molar-refractivity contribution is -0.120. The summed E-state index contributed by atoms with van der Waals surface area (Å²) in [5.74, 6) is -0.0909. The van der Waals surface area contributed by atoms with Gasteiger partial charge < -0.3 is 0 Å². The van der Waals surface area contributed by atoms with Crippen LogP contribution in [0.1, 0.15) is 51.0 Å². The number of amides is 1.